The molecule has 2 aliphatic carbocycles. The van der Waals surface area contributed by atoms with Crippen molar-refractivity contribution >= 4 is 16.7 Å². The molecular weight excluding hydrogens is 417 g/mol. The lowest BCUT2D eigenvalue weighted by molar-refractivity contribution is -0.125. The maximum Gasteiger partial charge on any atom is 0.142 e. The van der Waals surface area contributed by atoms with E-state index in [1.807, 2.05) is 18.3 Å². The predicted molar refractivity (Wildman–Crippen MR) is 122 cm³/mol. The molecule has 0 aliphatic heterocycles. The van der Waals surface area contributed by atoms with Gasteiger partial charge >= 0.3 is 0 Å². The number of hydrogen-bond donors (Lipinski definition) is 1. The zero-order chi connectivity index (χ0) is 22.9. The Labute approximate surface area is 192 Å². The molecule has 2 saturated carbocycles. The Morgan fingerprint density at radius 3 is 2.58 bits per heavy atom. The Kier molecular flexibility index (Phi) is 5.90. The maximum absolute atomic E-state index is 13.9. The normalized spacial score (nSPS) is 25.0. The third kappa shape index (κ3) is 4.26. The van der Waals surface area contributed by atoms with E-state index in [9.17, 15) is 14.3 Å². The fourth-order valence-electron chi connectivity index (χ4n) is 6.18. The van der Waals surface area contributed by atoms with E-state index < -0.39 is 0 Å². The van der Waals surface area contributed by atoms with E-state index in [0.29, 0.717) is 23.4 Å². The number of carbonyl (C=O) groups is 1. The molecule has 168 valence electrons. The monoisotopic (exact) mass is 443 g/mol. The molecule has 0 spiro atoms. The van der Waals surface area contributed by atoms with Gasteiger partial charge in [-0.05, 0) is 90.8 Å². The van der Waals surface area contributed by atoms with E-state index in [1.54, 1.807) is 30.5 Å². The highest BCUT2D eigenvalue weighted by atomic mass is 19.1. The van der Waals surface area contributed by atoms with Crippen molar-refractivity contribution < 1.29 is 14.3 Å². The molecule has 2 fully saturated rings. The topological polar surface area (TPSA) is 86.9 Å². The lowest BCUT2D eigenvalue weighted by Crippen LogP contribution is -2.28. The van der Waals surface area contributed by atoms with Crippen molar-refractivity contribution in [2.45, 2.75) is 38.0 Å². The summed E-state index contributed by atoms with van der Waals surface area (Å²) in [6, 6.07) is 12.2. The van der Waals surface area contributed by atoms with Crippen molar-refractivity contribution in [3.05, 3.63) is 71.4 Å². The van der Waals surface area contributed by atoms with Gasteiger partial charge in [0.1, 0.15) is 23.4 Å². The van der Waals surface area contributed by atoms with Crippen molar-refractivity contribution in [3.63, 3.8) is 0 Å². The first-order chi connectivity index (χ1) is 16.1. The van der Waals surface area contributed by atoms with Gasteiger partial charge in [-0.25, -0.2) is 9.37 Å². The van der Waals surface area contributed by atoms with Gasteiger partial charge < -0.3 is 5.11 Å². The largest absolute Gasteiger partial charge is 0.396 e. The number of Topliss-reactive ketones (excluding diaryl/α,β-unsaturated/α-hetero) is 1. The molecule has 5 atom stereocenters. The third-order valence-electron chi connectivity index (χ3n) is 7.73. The summed E-state index contributed by atoms with van der Waals surface area (Å²) >= 11 is 0. The fourth-order valence-corrected chi connectivity index (χ4v) is 6.18. The van der Waals surface area contributed by atoms with Crippen LogP contribution in [0.25, 0.3) is 10.9 Å². The van der Waals surface area contributed by atoms with Gasteiger partial charge in [0.2, 0.25) is 0 Å². The van der Waals surface area contributed by atoms with Gasteiger partial charge in [0.25, 0.3) is 0 Å². The van der Waals surface area contributed by atoms with Gasteiger partial charge in [-0.3, -0.25) is 9.78 Å². The highest BCUT2D eigenvalue weighted by Gasteiger charge is 2.45. The van der Waals surface area contributed by atoms with Gasteiger partial charge in [0.15, 0.2) is 0 Å². The molecule has 5 rings (SSSR count). The highest BCUT2D eigenvalue weighted by Crippen LogP contribution is 2.54. The van der Waals surface area contributed by atoms with E-state index in [4.69, 9.17) is 5.26 Å². The highest BCUT2D eigenvalue weighted by molar-refractivity contribution is 5.84. The summed E-state index contributed by atoms with van der Waals surface area (Å²) in [6.07, 6.45) is 7.56. The van der Waals surface area contributed by atoms with Gasteiger partial charge in [0, 0.05) is 30.1 Å². The smallest absolute Gasteiger partial charge is 0.142 e. The molecule has 33 heavy (non-hydrogen) atoms. The molecule has 2 heterocycles. The number of benzene rings is 1. The summed E-state index contributed by atoms with van der Waals surface area (Å²) in [5.74, 6) is 1.06. The summed E-state index contributed by atoms with van der Waals surface area (Å²) in [4.78, 5) is 21.4. The minimum atomic E-state index is -0.361. The van der Waals surface area contributed by atoms with E-state index >= 15 is 0 Å². The number of rotatable bonds is 6. The van der Waals surface area contributed by atoms with Crippen LogP contribution >= 0.6 is 0 Å². The summed E-state index contributed by atoms with van der Waals surface area (Å²) in [5, 5.41) is 19.8. The first-order valence-electron chi connectivity index (χ1n) is 11.6. The molecule has 0 bridgehead atoms. The van der Waals surface area contributed by atoms with Crippen LogP contribution in [-0.2, 0) is 11.2 Å². The van der Waals surface area contributed by atoms with Crippen molar-refractivity contribution in [2.24, 2.45) is 23.7 Å². The molecule has 3 aromatic rings. The van der Waals surface area contributed by atoms with Crippen LogP contribution in [0.2, 0.25) is 0 Å². The van der Waals surface area contributed by atoms with Crippen LogP contribution in [0.4, 0.5) is 4.39 Å². The number of fused-ring (bicyclic) bond motifs is 2. The second-order valence-electron chi connectivity index (χ2n) is 9.58. The van der Waals surface area contributed by atoms with Crippen LogP contribution in [0, 0.1) is 40.8 Å². The van der Waals surface area contributed by atoms with Crippen LogP contribution in [0.3, 0.4) is 0 Å². The van der Waals surface area contributed by atoms with Crippen molar-refractivity contribution in [1.82, 2.24) is 9.97 Å². The lowest BCUT2D eigenvalue weighted by atomic mass is 9.82. The number of aliphatic hydroxyl groups excluding tert-OH is 1. The predicted octanol–water partition coefficient (Wildman–Crippen LogP) is 4.58. The Morgan fingerprint density at radius 2 is 1.91 bits per heavy atom. The quantitative estimate of drug-likeness (QED) is 0.603. The molecule has 1 N–H and O–H groups in total. The first kappa shape index (κ1) is 21.7. The summed E-state index contributed by atoms with van der Waals surface area (Å²) in [6.45, 7) is -0.135. The minimum Gasteiger partial charge on any atom is -0.396 e. The Balaban J connectivity index is 1.25. The molecule has 2 aromatic heterocycles. The van der Waals surface area contributed by atoms with Crippen LogP contribution in [0.15, 0.2) is 48.8 Å². The SMILES string of the molecule is N#Cc1ccc(CC(=O)C(CO)C2C[C@H]3CC(c4ccnc5ccc(F)cc45)C[C@H]3C2)cn1. The zero-order valence-corrected chi connectivity index (χ0v) is 18.3. The number of nitriles is 1. The molecular formula is C27H26FN3O2. The Hall–Kier alpha value is -3.17. The number of halogens is 1. The molecule has 0 radical (unpaired) electrons. The van der Waals surface area contributed by atoms with Crippen LogP contribution < -0.4 is 0 Å². The van der Waals surface area contributed by atoms with E-state index in [2.05, 4.69) is 9.97 Å². The minimum absolute atomic E-state index is 0.0427. The molecule has 3 unspecified atom stereocenters. The fraction of sp³-hybridized carbons (Fsp3) is 0.407. The maximum atomic E-state index is 13.9. The second-order valence-corrected chi connectivity index (χ2v) is 9.58. The Bertz CT molecular complexity index is 1210. The number of aliphatic hydroxyl groups is 1. The number of hydrogen-bond acceptors (Lipinski definition) is 5. The van der Waals surface area contributed by atoms with Gasteiger partial charge in [-0.15, -0.1) is 0 Å². The average Bonchev–Trinajstić information content (AvgIpc) is 3.39. The molecule has 2 aliphatic rings. The van der Waals surface area contributed by atoms with Crippen LogP contribution in [0.5, 0.6) is 0 Å². The van der Waals surface area contributed by atoms with Gasteiger partial charge in [-0.2, -0.15) is 5.26 Å². The van der Waals surface area contributed by atoms with Crippen molar-refractivity contribution in [3.8, 4) is 6.07 Å². The number of nitrogens with zero attached hydrogens (tertiary/aromatic N) is 3. The van der Waals surface area contributed by atoms with E-state index in [0.717, 1.165) is 42.1 Å². The molecule has 5 nitrogen and oxygen atoms in total. The molecule has 0 saturated heterocycles. The Morgan fingerprint density at radius 1 is 1.12 bits per heavy atom. The van der Waals surface area contributed by atoms with Gasteiger partial charge in [-0.1, -0.05) is 6.07 Å². The number of aromatic nitrogens is 2. The summed E-state index contributed by atoms with van der Waals surface area (Å²) in [7, 11) is 0. The summed E-state index contributed by atoms with van der Waals surface area (Å²) < 4.78 is 13.9. The molecule has 1 aromatic carbocycles. The second kappa shape index (κ2) is 8.99. The van der Waals surface area contributed by atoms with Crippen molar-refractivity contribution in [1.29, 1.82) is 5.26 Å². The van der Waals surface area contributed by atoms with E-state index in [1.165, 1.54) is 11.6 Å². The molecule has 0 amide bonds. The standard InChI is InChI=1S/C27H26FN3O2/c28-21-2-4-26-24(12-21)23(5-6-30-26)19-8-17-10-20(11-18(17)9-19)25(15-32)27(33)7-16-1-3-22(13-29)31-14-16/h1-6,12,14,17-20,25,32H,7-11,15H2/t17-,18+,19?,20?,25?. The van der Waals surface area contributed by atoms with Crippen molar-refractivity contribution in [2.75, 3.05) is 6.61 Å². The average molecular weight is 444 g/mol. The third-order valence-corrected chi connectivity index (χ3v) is 7.73. The summed E-state index contributed by atoms with van der Waals surface area (Å²) in [5.41, 5.74) is 3.10. The van der Waals surface area contributed by atoms with Gasteiger partial charge in [0.05, 0.1) is 12.1 Å². The van der Waals surface area contributed by atoms with Crippen LogP contribution in [0.1, 0.15) is 48.4 Å². The zero-order valence-electron chi connectivity index (χ0n) is 18.3. The number of pyridine rings is 2. The molecule has 6 heteroatoms. The first-order valence-corrected chi connectivity index (χ1v) is 11.6. The number of carbonyl (C=O) groups excluding carboxylic acids is 1. The lowest BCUT2D eigenvalue weighted by Gasteiger charge is -2.22. The van der Waals surface area contributed by atoms with E-state index in [-0.39, 0.29) is 36.5 Å². The number of ketones is 1. The van der Waals surface area contributed by atoms with Crippen LogP contribution in [-0.4, -0.2) is 27.5 Å².